The SMILES string of the molecule is CCCCCCCCOc1ccc(-c2ccc(C(=O)OCC(F)(F)C(F)(F)C(F)(F)C(F)(F)C(F)(F)C(F)(F)C(F)(F)C(F)F)cc2)cc1. The molecule has 0 spiro atoms. The first-order valence-electron chi connectivity index (χ1n) is 14.3. The van der Waals surface area contributed by atoms with Crippen molar-refractivity contribution < 1.29 is 84.5 Å². The van der Waals surface area contributed by atoms with Gasteiger partial charge < -0.3 is 9.47 Å². The summed E-state index contributed by atoms with van der Waals surface area (Å²) >= 11 is 0. The molecule has 0 amide bonds. The Hall–Kier alpha value is -3.41. The number of carbonyl (C=O) groups excluding carboxylic acids is 1. The summed E-state index contributed by atoms with van der Waals surface area (Å²) in [6, 6.07) is 10.5. The summed E-state index contributed by atoms with van der Waals surface area (Å²) in [5, 5.41) is 0. The third kappa shape index (κ3) is 8.15. The summed E-state index contributed by atoms with van der Waals surface area (Å²) in [7, 11) is 0. The quantitative estimate of drug-likeness (QED) is 0.0817. The Morgan fingerprint density at radius 2 is 1.02 bits per heavy atom. The van der Waals surface area contributed by atoms with Crippen molar-refractivity contribution in [1.82, 2.24) is 0 Å². The van der Waals surface area contributed by atoms with Crippen LogP contribution in [0.3, 0.4) is 0 Å². The number of halogens is 16. The number of esters is 1. The van der Waals surface area contributed by atoms with E-state index in [2.05, 4.69) is 11.7 Å². The molecule has 0 aliphatic heterocycles. The number of carbonyl (C=O) groups is 1. The molecule has 278 valence electrons. The number of hydrogen-bond acceptors (Lipinski definition) is 3. The predicted molar refractivity (Wildman–Crippen MR) is 142 cm³/mol. The van der Waals surface area contributed by atoms with E-state index in [1.165, 1.54) is 12.1 Å². The maximum atomic E-state index is 14.1. The van der Waals surface area contributed by atoms with Gasteiger partial charge in [-0.3, -0.25) is 0 Å². The normalized spacial score (nSPS) is 13.9. The molecule has 0 saturated heterocycles. The molecule has 0 heterocycles. The molecule has 49 heavy (non-hydrogen) atoms. The van der Waals surface area contributed by atoms with Gasteiger partial charge in [-0.1, -0.05) is 63.3 Å². The van der Waals surface area contributed by atoms with E-state index in [0.29, 0.717) is 23.5 Å². The molecule has 19 heteroatoms. The molecule has 0 N–H and O–H groups in total. The number of alkyl halides is 16. The summed E-state index contributed by atoms with van der Waals surface area (Å²) in [5.41, 5.74) is 0.196. The Morgan fingerprint density at radius 1 is 0.592 bits per heavy atom. The molecule has 0 bridgehead atoms. The second-order valence-corrected chi connectivity index (χ2v) is 10.8. The predicted octanol–water partition coefficient (Wildman–Crippen LogP) is 11.0. The van der Waals surface area contributed by atoms with Crippen molar-refractivity contribution in [3.8, 4) is 16.9 Å². The Kier molecular flexibility index (Phi) is 13.0. The van der Waals surface area contributed by atoms with Crippen LogP contribution in [0.15, 0.2) is 48.5 Å². The minimum absolute atomic E-state index is 0.382. The largest absolute Gasteiger partial charge is 0.494 e. The summed E-state index contributed by atoms with van der Waals surface area (Å²) in [5.74, 6) is -57.1. The third-order valence-electron chi connectivity index (χ3n) is 7.19. The number of rotatable bonds is 19. The number of benzene rings is 2. The van der Waals surface area contributed by atoms with E-state index in [1.54, 1.807) is 24.3 Å². The van der Waals surface area contributed by atoms with E-state index in [4.69, 9.17) is 4.74 Å². The first kappa shape index (κ1) is 41.8. The van der Waals surface area contributed by atoms with E-state index >= 15 is 0 Å². The molecule has 2 rings (SSSR count). The van der Waals surface area contributed by atoms with Gasteiger partial charge in [-0.25, -0.2) is 13.6 Å². The number of hydrogen-bond donors (Lipinski definition) is 0. The Morgan fingerprint density at radius 3 is 1.51 bits per heavy atom. The van der Waals surface area contributed by atoms with Crippen LogP contribution in [0.4, 0.5) is 70.2 Å². The summed E-state index contributed by atoms with van der Waals surface area (Å²) in [6.07, 6.45) is 0.368. The molecular formula is C30H28F16O3. The zero-order valence-corrected chi connectivity index (χ0v) is 25.1. The Labute approximate surface area is 268 Å². The highest BCUT2D eigenvalue weighted by Crippen LogP contribution is 2.62. The fraction of sp³-hybridized carbons (Fsp3) is 0.567. The first-order chi connectivity index (χ1) is 22.3. The van der Waals surface area contributed by atoms with Gasteiger partial charge >= 0.3 is 53.9 Å². The van der Waals surface area contributed by atoms with Gasteiger partial charge in [0.05, 0.1) is 12.2 Å². The molecule has 3 nitrogen and oxygen atoms in total. The average molecular weight is 741 g/mol. The van der Waals surface area contributed by atoms with E-state index in [9.17, 15) is 75.0 Å². The lowest BCUT2D eigenvalue weighted by atomic mass is 9.89. The first-order valence-corrected chi connectivity index (χ1v) is 14.3. The molecule has 0 aromatic heterocycles. The molecule has 0 fully saturated rings. The van der Waals surface area contributed by atoms with Crippen molar-refractivity contribution in [2.75, 3.05) is 13.2 Å². The van der Waals surface area contributed by atoms with Crippen molar-refractivity contribution >= 4 is 5.97 Å². The van der Waals surface area contributed by atoms with Crippen LogP contribution in [0.5, 0.6) is 5.75 Å². The van der Waals surface area contributed by atoms with Crippen LogP contribution >= 0.6 is 0 Å². The Bertz CT molecular complexity index is 1360. The van der Waals surface area contributed by atoms with Gasteiger partial charge in [-0.2, -0.15) is 61.5 Å². The second kappa shape index (κ2) is 15.2. The van der Waals surface area contributed by atoms with Crippen LogP contribution in [-0.4, -0.2) is 67.1 Å². The van der Waals surface area contributed by atoms with Crippen molar-refractivity contribution in [2.24, 2.45) is 0 Å². The second-order valence-electron chi connectivity index (χ2n) is 10.8. The van der Waals surface area contributed by atoms with Crippen molar-refractivity contribution in [3.05, 3.63) is 54.1 Å². The zero-order chi connectivity index (χ0) is 37.7. The van der Waals surface area contributed by atoms with Crippen LogP contribution in [-0.2, 0) is 4.74 Å². The van der Waals surface area contributed by atoms with Gasteiger partial charge in [0.2, 0.25) is 0 Å². The summed E-state index contributed by atoms with van der Waals surface area (Å²) in [6.45, 7) is -0.684. The van der Waals surface area contributed by atoms with E-state index in [-0.39, 0.29) is 0 Å². The maximum absolute atomic E-state index is 14.1. The average Bonchev–Trinajstić information content (AvgIpc) is 3.03. The van der Waals surface area contributed by atoms with Crippen molar-refractivity contribution in [3.63, 3.8) is 0 Å². The van der Waals surface area contributed by atoms with E-state index in [0.717, 1.165) is 50.7 Å². The molecule has 0 saturated carbocycles. The lowest BCUT2D eigenvalue weighted by Crippen LogP contribution is -2.74. The van der Waals surface area contributed by atoms with Gasteiger partial charge in [-0.05, 0) is 41.8 Å². The van der Waals surface area contributed by atoms with Gasteiger partial charge in [0, 0.05) is 0 Å². The van der Waals surface area contributed by atoms with Crippen LogP contribution in [0, 0.1) is 0 Å². The molecule has 0 atom stereocenters. The van der Waals surface area contributed by atoms with Gasteiger partial charge in [-0.15, -0.1) is 0 Å². The minimum Gasteiger partial charge on any atom is -0.494 e. The smallest absolute Gasteiger partial charge is 0.385 e. The van der Waals surface area contributed by atoms with Crippen LogP contribution in [0.1, 0.15) is 55.8 Å². The van der Waals surface area contributed by atoms with Crippen LogP contribution in [0.2, 0.25) is 0 Å². The fourth-order valence-corrected chi connectivity index (χ4v) is 4.11. The van der Waals surface area contributed by atoms with E-state index < -0.39 is 66.0 Å². The summed E-state index contributed by atoms with van der Waals surface area (Å²) < 4.78 is 225. The lowest BCUT2D eigenvalue weighted by molar-refractivity contribution is -0.447. The lowest BCUT2D eigenvalue weighted by Gasteiger charge is -2.42. The van der Waals surface area contributed by atoms with Crippen LogP contribution < -0.4 is 4.74 Å². The molecule has 2 aromatic carbocycles. The maximum Gasteiger partial charge on any atom is 0.385 e. The fourth-order valence-electron chi connectivity index (χ4n) is 4.11. The number of unbranched alkanes of at least 4 members (excludes halogenated alkanes) is 5. The topological polar surface area (TPSA) is 35.5 Å². The highest BCUT2D eigenvalue weighted by atomic mass is 19.4. The summed E-state index contributed by atoms with van der Waals surface area (Å²) in [4.78, 5) is 12.1. The van der Waals surface area contributed by atoms with Gasteiger partial charge in [0.25, 0.3) is 0 Å². The van der Waals surface area contributed by atoms with Gasteiger partial charge in [0.15, 0.2) is 6.61 Å². The van der Waals surface area contributed by atoms with Crippen molar-refractivity contribution in [1.29, 1.82) is 0 Å². The minimum atomic E-state index is -8.52. The Balaban J connectivity index is 2.12. The van der Waals surface area contributed by atoms with E-state index in [1.807, 2.05) is 0 Å². The molecule has 2 aromatic rings. The number of ether oxygens (including phenoxy) is 2. The molecular weight excluding hydrogens is 712 g/mol. The molecule has 0 aliphatic carbocycles. The zero-order valence-electron chi connectivity index (χ0n) is 25.1. The van der Waals surface area contributed by atoms with Crippen LogP contribution in [0.25, 0.3) is 11.1 Å². The molecule has 0 unspecified atom stereocenters. The van der Waals surface area contributed by atoms with Crippen molar-refractivity contribution in [2.45, 2.75) is 93.3 Å². The standard InChI is InChI=1S/C30H28F16O3/c1-2-3-4-5-6-7-16-48-21-14-12-19(13-15-21)18-8-10-20(11-9-18)22(47)49-17-24(33,34)26(37,38)28(41,42)30(45,46)29(43,44)27(39,40)25(35,36)23(31)32/h8-15,23H,2-7,16-17H2,1H3. The highest BCUT2D eigenvalue weighted by Gasteiger charge is 2.93. The van der Waals surface area contributed by atoms with Gasteiger partial charge in [0.1, 0.15) is 5.75 Å². The highest BCUT2D eigenvalue weighted by molar-refractivity contribution is 5.90. The monoisotopic (exact) mass is 740 g/mol. The molecule has 0 aliphatic rings. The third-order valence-corrected chi connectivity index (χ3v) is 7.19. The molecule has 0 radical (unpaired) electrons.